The number of hydrogen-bond donors (Lipinski definition) is 2. The van der Waals surface area contributed by atoms with Crippen molar-refractivity contribution < 1.29 is 19.4 Å². The number of β-amino-alcohol motifs (C(OH)–C–C–N with tert-alkyl or cyclic N) is 1. The van der Waals surface area contributed by atoms with Gasteiger partial charge in [0.25, 0.3) is 11.8 Å². The van der Waals surface area contributed by atoms with Gasteiger partial charge in [-0.15, -0.1) is 5.10 Å². The Labute approximate surface area is 221 Å². The van der Waals surface area contributed by atoms with Crippen LogP contribution < -0.4 is 4.74 Å². The van der Waals surface area contributed by atoms with Gasteiger partial charge < -0.3 is 19.6 Å². The van der Waals surface area contributed by atoms with E-state index in [2.05, 4.69) is 15.4 Å². The third kappa shape index (κ3) is 3.55. The second-order valence-corrected chi connectivity index (χ2v) is 11.8. The minimum atomic E-state index is -0.948. The number of nitrogens with one attached hydrogen (secondary N) is 1. The Morgan fingerprint density at radius 3 is 2.61 bits per heavy atom. The molecule has 4 atom stereocenters. The summed E-state index contributed by atoms with van der Waals surface area (Å²) in [7, 11) is 0. The van der Waals surface area contributed by atoms with Gasteiger partial charge in [0, 0.05) is 42.6 Å². The van der Waals surface area contributed by atoms with Crippen LogP contribution in [-0.4, -0.2) is 80.0 Å². The molecule has 3 aromatic rings. The number of hydrogen-bond acceptors (Lipinski definition) is 6. The molecule has 2 saturated heterocycles. The van der Waals surface area contributed by atoms with E-state index in [0.29, 0.717) is 42.8 Å². The van der Waals surface area contributed by atoms with Crippen molar-refractivity contribution in [2.75, 3.05) is 26.2 Å². The highest BCUT2D eigenvalue weighted by Gasteiger charge is 2.68. The lowest BCUT2D eigenvalue weighted by atomic mass is 9.56. The SMILES string of the molecule is CC(C)Oc1cc(C(=O)N2CC3[C@H]4CN(C(=O)c5ccc6[nH]nnc6c5)C[C@H]4C3(O)C2)cc2c1CCCC2. The van der Waals surface area contributed by atoms with Gasteiger partial charge in [-0.3, -0.25) is 14.7 Å². The number of fused-ring (bicyclic) bond motifs is 6. The highest BCUT2D eigenvalue weighted by molar-refractivity contribution is 5.97. The zero-order valence-corrected chi connectivity index (χ0v) is 21.8. The molecule has 0 spiro atoms. The first kappa shape index (κ1) is 23.6. The molecule has 9 nitrogen and oxygen atoms in total. The van der Waals surface area contributed by atoms with Gasteiger partial charge in [0.2, 0.25) is 0 Å². The first-order chi connectivity index (χ1) is 18.3. The Morgan fingerprint density at radius 1 is 1.03 bits per heavy atom. The number of aromatic amines is 1. The van der Waals surface area contributed by atoms with E-state index < -0.39 is 5.60 Å². The summed E-state index contributed by atoms with van der Waals surface area (Å²) in [6.07, 6.45) is 4.27. The van der Waals surface area contributed by atoms with Crippen LogP contribution in [0.1, 0.15) is 58.5 Å². The molecule has 2 amide bonds. The van der Waals surface area contributed by atoms with Gasteiger partial charge in [0.05, 0.1) is 23.8 Å². The molecule has 3 fully saturated rings. The van der Waals surface area contributed by atoms with Gasteiger partial charge in [-0.05, 0) is 86.9 Å². The van der Waals surface area contributed by atoms with Crippen molar-refractivity contribution in [1.82, 2.24) is 25.2 Å². The summed E-state index contributed by atoms with van der Waals surface area (Å²) in [5.74, 6) is 0.897. The summed E-state index contributed by atoms with van der Waals surface area (Å²) < 4.78 is 6.12. The van der Waals surface area contributed by atoms with E-state index in [-0.39, 0.29) is 35.7 Å². The molecule has 0 radical (unpaired) electrons. The zero-order chi connectivity index (χ0) is 26.2. The van der Waals surface area contributed by atoms with Crippen LogP contribution >= 0.6 is 0 Å². The van der Waals surface area contributed by atoms with Crippen molar-refractivity contribution in [1.29, 1.82) is 0 Å². The maximum absolute atomic E-state index is 13.7. The molecule has 2 aliphatic heterocycles. The molecule has 1 saturated carbocycles. The number of likely N-dealkylation sites (tertiary alicyclic amines) is 2. The van der Waals surface area contributed by atoms with Crippen LogP contribution in [0.3, 0.4) is 0 Å². The number of carbonyl (C=O) groups is 2. The number of aliphatic hydroxyl groups is 1. The lowest BCUT2D eigenvalue weighted by Crippen LogP contribution is -2.61. The molecule has 9 heteroatoms. The van der Waals surface area contributed by atoms with Gasteiger partial charge in [0.1, 0.15) is 11.3 Å². The lowest BCUT2D eigenvalue weighted by molar-refractivity contribution is -0.145. The minimum Gasteiger partial charge on any atom is -0.491 e. The van der Waals surface area contributed by atoms with Gasteiger partial charge >= 0.3 is 0 Å². The fourth-order valence-corrected chi connectivity index (χ4v) is 7.40. The van der Waals surface area contributed by atoms with Crippen LogP contribution in [-0.2, 0) is 12.8 Å². The number of amides is 2. The van der Waals surface area contributed by atoms with E-state index in [1.165, 1.54) is 11.1 Å². The number of aryl methyl sites for hydroxylation is 1. The average molecular weight is 516 g/mol. The maximum atomic E-state index is 13.7. The average Bonchev–Trinajstić information content (AvgIpc) is 3.62. The summed E-state index contributed by atoms with van der Waals surface area (Å²) in [6.45, 7) is 5.94. The fourth-order valence-electron chi connectivity index (χ4n) is 7.40. The van der Waals surface area contributed by atoms with Crippen molar-refractivity contribution in [3.63, 3.8) is 0 Å². The molecule has 2 unspecified atom stereocenters. The van der Waals surface area contributed by atoms with Crippen molar-refractivity contribution in [2.45, 2.75) is 51.2 Å². The van der Waals surface area contributed by atoms with Crippen LogP contribution in [0.25, 0.3) is 11.0 Å². The van der Waals surface area contributed by atoms with Crippen molar-refractivity contribution in [3.8, 4) is 5.75 Å². The molecule has 2 aromatic carbocycles. The second-order valence-electron chi connectivity index (χ2n) is 11.8. The molecule has 0 bridgehead atoms. The Kier molecular flexibility index (Phi) is 5.30. The number of carbonyl (C=O) groups excluding carboxylic acids is 2. The summed E-state index contributed by atoms with van der Waals surface area (Å²) in [4.78, 5) is 30.6. The molecule has 2 aliphatic carbocycles. The van der Waals surface area contributed by atoms with Crippen LogP contribution in [0.2, 0.25) is 0 Å². The predicted molar refractivity (Wildman–Crippen MR) is 140 cm³/mol. The molecule has 1 aromatic heterocycles. The number of benzene rings is 2. The van der Waals surface area contributed by atoms with Gasteiger partial charge in [-0.1, -0.05) is 5.21 Å². The number of ether oxygens (including phenoxy) is 1. The predicted octanol–water partition coefficient (Wildman–Crippen LogP) is 2.83. The summed E-state index contributed by atoms with van der Waals surface area (Å²) in [6, 6.07) is 9.31. The third-order valence-electron chi connectivity index (χ3n) is 9.21. The molecule has 38 heavy (non-hydrogen) atoms. The van der Waals surface area contributed by atoms with E-state index in [1.54, 1.807) is 12.1 Å². The molecule has 2 N–H and O–H groups in total. The molecule has 4 aliphatic rings. The van der Waals surface area contributed by atoms with Gasteiger partial charge in [0.15, 0.2) is 0 Å². The van der Waals surface area contributed by atoms with Crippen LogP contribution in [0.15, 0.2) is 30.3 Å². The summed E-state index contributed by atoms with van der Waals surface area (Å²) in [5.41, 5.74) is 4.18. The molecule has 198 valence electrons. The van der Waals surface area contributed by atoms with Crippen molar-refractivity contribution in [2.24, 2.45) is 17.8 Å². The van der Waals surface area contributed by atoms with E-state index in [4.69, 9.17) is 4.74 Å². The lowest BCUT2D eigenvalue weighted by Gasteiger charge is -2.50. The molecular weight excluding hydrogens is 482 g/mol. The van der Waals surface area contributed by atoms with Gasteiger partial charge in [-0.25, -0.2) is 0 Å². The van der Waals surface area contributed by atoms with Crippen LogP contribution in [0, 0.1) is 17.8 Å². The number of aromatic nitrogens is 3. The first-order valence-electron chi connectivity index (χ1n) is 13.8. The monoisotopic (exact) mass is 515 g/mol. The van der Waals surface area contributed by atoms with E-state index in [1.807, 2.05) is 41.8 Å². The van der Waals surface area contributed by atoms with E-state index >= 15 is 0 Å². The van der Waals surface area contributed by atoms with Crippen LogP contribution in [0.4, 0.5) is 0 Å². The van der Waals surface area contributed by atoms with Crippen LogP contribution in [0.5, 0.6) is 5.75 Å². The first-order valence-corrected chi connectivity index (χ1v) is 13.8. The largest absolute Gasteiger partial charge is 0.491 e. The maximum Gasteiger partial charge on any atom is 0.254 e. The smallest absolute Gasteiger partial charge is 0.254 e. The fraction of sp³-hybridized carbons (Fsp3) is 0.517. The zero-order valence-electron chi connectivity index (χ0n) is 21.8. The third-order valence-corrected chi connectivity index (χ3v) is 9.21. The second kappa shape index (κ2) is 8.53. The molecular formula is C29H33N5O4. The molecule has 7 rings (SSSR count). The van der Waals surface area contributed by atoms with Crippen molar-refractivity contribution in [3.05, 3.63) is 52.6 Å². The highest BCUT2D eigenvalue weighted by atomic mass is 16.5. The van der Waals surface area contributed by atoms with E-state index in [0.717, 1.165) is 36.9 Å². The van der Waals surface area contributed by atoms with Gasteiger partial charge in [-0.2, -0.15) is 0 Å². The minimum absolute atomic E-state index is 0.0173. The standard InChI is InChI=1S/C29H33N5O4/c1-16(2)38-26-11-19(9-17-5-3-4-6-20(17)26)28(36)34-14-23-21-12-33(13-22(21)29(23,37)15-34)27(35)18-7-8-24-25(10-18)31-32-30-24/h7-11,16,21-23,37H,3-6,12-15H2,1-2H3,(H,30,31,32)/t21-,22+,23?,29?/m0/s1. The Hall–Kier alpha value is -3.46. The number of H-pyrrole nitrogens is 1. The normalized spacial score (nSPS) is 27.7. The number of nitrogens with zero attached hydrogens (tertiary/aromatic N) is 4. The topological polar surface area (TPSA) is 112 Å². The molecule has 3 heterocycles. The Balaban J connectivity index is 1.07. The van der Waals surface area contributed by atoms with E-state index in [9.17, 15) is 14.7 Å². The highest BCUT2D eigenvalue weighted by Crippen LogP contribution is 2.57. The quantitative estimate of drug-likeness (QED) is 0.553. The Morgan fingerprint density at radius 2 is 1.79 bits per heavy atom. The number of rotatable bonds is 4. The summed E-state index contributed by atoms with van der Waals surface area (Å²) in [5, 5.41) is 22.3. The van der Waals surface area contributed by atoms with Crippen molar-refractivity contribution >= 4 is 22.8 Å². The summed E-state index contributed by atoms with van der Waals surface area (Å²) >= 11 is 0. The Bertz CT molecular complexity index is 1450.